The lowest BCUT2D eigenvalue weighted by atomic mass is 10.2. The second-order valence-electron chi connectivity index (χ2n) is 5.55. The van der Waals surface area contributed by atoms with Crippen molar-refractivity contribution in [2.45, 2.75) is 0 Å². The lowest BCUT2D eigenvalue weighted by Crippen LogP contribution is -2.42. The van der Waals surface area contributed by atoms with E-state index in [1.807, 2.05) is 0 Å². The number of H-pyrrole nitrogens is 1. The van der Waals surface area contributed by atoms with Crippen LogP contribution in [0.15, 0.2) is 18.2 Å². The Morgan fingerprint density at radius 1 is 1.16 bits per heavy atom. The van der Waals surface area contributed by atoms with Crippen LogP contribution in [0.3, 0.4) is 0 Å². The summed E-state index contributed by atoms with van der Waals surface area (Å²) >= 11 is 0. The topological polar surface area (TPSA) is 90.1 Å². The minimum absolute atomic E-state index is 0.230. The number of carbonyl (C=O) groups excluding carboxylic acids is 2. The first kappa shape index (κ1) is 17.1. The standard InChI is InChI=1S/C17H20N2O6/c1-22-12-7-11-8-13(18-16(11)14(9-12)23-2)17(21)25-10-15(20)19-3-5-24-6-4-19/h7-9,18H,3-6,10H2,1-2H3. The first-order valence-corrected chi connectivity index (χ1v) is 7.89. The number of ether oxygens (including phenoxy) is 4. The molecule has 2 aromatic rings. The lowest BCUT2D eigenvalue weighted by Gasteiger charge is -2.26. The van der Waals surface area contributed by atoms with Crippen LogP contribution in [0.4, 0.5) is 0 Å². The quantitative estimate of drug-likeness (QED) is 0.817. The number of rotatable bonds is 5. The van der Waals surface area contributed by atoms with E-state index in [-0.39, 0.29) is 18.2 Å². The van der Waals surface area contributed by atoms with Crippen LogP contribution in [-0.4, -0.2) is 68.9 Å². The smallest absolute Gasteiger partial charge is 0.355 e. The zero-order chi connectivity index (χ0) is 17.8. The minimum atomic E-state index is -0.598. The Labute approximate surface area is 144 Å². The SMILES string of the molecule is COc1cc(OC)c2[nH]c(C(=O)OCC(=O)N3CCOCC3)cc2c1. The summed E-state index contributed by atoms with van der Waals surface area (Å²) in [5.74, 6) is 0.342. The molecule has 1 fully saturated rings. The zero-order valence-corrected chi connectivity index (χ0v) is 14.2. The van der Waals surface area contributed by atoms with Gasteiger partial charge in [0.1, 0.15) is 17.2 Å². The Balaban J connectivity index is 1.70. The Morgan fingerprint density at radius 3 is 2.60 bits per heavy atom. The van der Waals surface area contributed by atoms with Crippen molar-refractivity contribution in [3.63, 3.8) is 0 Å². The average molecular weight is 348 g/mol. The Kier molecular flexibility index (Phi) is 5.08. The van der Waals surface area contributed by atoms with Crippen molar-refractivity contribution in [3.05, 3.63) is 23.9 Å². The van der Waals surface area contributed by atoms with Gasteiger partial charge in [0.25, 0.3) is 5.91 Å². The van der Waals surface area contributed by atoms with E-state index in [4.69, 9.17) is 18.9 Å². The largest absolute Gasteiger partial charge is 0.497 e. The normalized spacial score (nSPS) is 14.4. The molecule has 1 N–H and O–H groups in total. The molecule has 8 heteroatoms. The summed E-state index contributed by atoms with van der Waals surface area (Å²) in [4.78, 5) is 28.9. The predicted octanol–water partition coefficient (Wildman–Crippen LogP) is 1.20. The van der Waals surface area contributed by atoms with Gasteiger partial charge in [-0.1, -0.05) is 0 Å². The van der Waals surface area contributed by atoms with E-state index < -0.39 is 5.97 Å². The van der Waals surface area contributed by atoms with E-state index in [1.165, 1.54) is 7.11 Å². The van der Waals surface area contributed by atoms with Gasteiger partial charge in [0, 0.05) is 24.5 Å². The highest BCUT2D eigenvalue weighted by molar-refractivity contribution is 5.98. The Hall–Kier alpha value is -2.74. The van der Waals surface area contributed by atoms with Gasteiger partial charge in [-0.2, -0.15) is 0 Å². The van der Waals surface area contributed by atoms with Gasteiger partial charge in [0.15, 0.2) is 6.61 Å². The van der Waals surface area contributed by atoms with Crippen LogP contribution in [0.5, 0.6) is 11.5 Å². The number of esters is 1. The van der Waals surface area contributed by atoms with E-state index in [1.54, 1.807) is 30.2 Å². The summed E-state index contributed by atoms with van der Waals surface area (Å²) in [6, 6.07) is 5.14. The number of nitrogens with zero attached hydrogens (tertiary/aromatic N) is 1. The number of morpholine rings is 1. The number of amides is 1. The van der Waals surface area contributed by atoms with Crippen molar-refractivity contribution in [2.75, 3.05) is 47.1 Å². The second-order valence-corrected chi connectivity index (χ2v) is 5.55. The van der Waals surface area contributed by atoms with E-state index >= 15 is 0 Å². The molecule has 1 aromatic carbocycles. The molecule has 8 nitrogen and oxygen atoms in total. The highest BCUT2D eigenvalue weighted by Crippen LogP contribution is 2.31. The van der Waals surface area contributed by atoms with Gasteiger partial charge in [0.2, 0.25) is 0 Å². The maximum Gasteiger partial charge on any atom is 0.355 e. The molecule has 25 heavy (non-hydrogen) atoms. The molecular weight excluding hydrogens is 328 g/mol. The fraction of sp³-hybridized carbons (Fsp3) is 0.412. The van der Waals surface area contributed by atoms with Gasteiger partial charge in [-0.3, -0.25) is 4.79 Å². The molecule has 2 heterocycles. The van der Waals surface area contributed by atoms with Gasteiger partial charge < -0.3 is 28.8 Å². The highest BCUT2D eigenvalue weighted by Gasteiger charge is 2.20. The number of aromatic nitrogens is 1. The van der Waals surface area contributed by atoms with Crippen molar-refractivity contribution >= 4 is 22.8 Å². The molecule has 0 unspecified atom stereocenters. The number of aromatic amines is 1. The molecule has 134 valence electrons. The number of nitrogens with one attached hydrogen (secondary N) is 1. The minimum Gasteiger partial charge on any atom is -0.497 e. The molecular formula is C17H20N2O6. The summed E-state index contributed by atoms with van der Waals surface area (Å²) in [5, 5.41) is 0.752. The molecule has 1 aromatic heterocycles. The van der Waals surface area contributed by atoms with Crippen LogP contribution in [0.25, 0.3) is 10.9 Å². The van der Waals surface area contributed by atoms with Gasteiger partial charge in [0.05, 0.1) is 33.0 Å². The predicted molar refractivity (Wildman–Crippen MR) is 89.1 cm³/mol. The van der Waals surface area contributed by atoms with E-state index in [9.17, 15) is 9.59 Å². The Bertz CT molecular complexity index is 779. The van der Waals surface area contributed by atoms with Gasteiger partial charge >= 0.3 is 5.97 Å². The second kappa shape index (κ2) is 7.43. The van der Waals surface area contributed by atoms with Crippen molar-refractivity contribution in [1.29, 1.82) is 0 Å². The van der Waals surface area contributed by atoms with E-state index in [2.05, 4.69) is 4.98 Å². The van der Waals surface area contributed by atoms with Crippen molar-refractivity contribution in [3.8, 4) is 11.5 Å². The maximum absolute atomic E-state index is 12.2. The summed E-state index contributed by atoms with van der Waals surface area (Å²) in [6.45, 7) is 1.74. The van der Waals surface area contributed by atoms with Crippen molar-refractivity contribution < 1.29 is 28.5 Å². The van der Waals surface area contributed by atoms with E-state index in [0.717, 1.165) is 5.39 Å². The number of hydrogen-bond donors (Lipinski definition) is 1. The third kappa shape index (κ3) is 3.69. The fourth-order valence-electron chi connectivity index (χ4n) is 2.68. The number of carbonyl (C=O) groups is 2. The number of fused-ring (bicyclic) bond motifs is 1. The molecule has 3 rings (SSSR count). The molecule has 1 aliphatic rings. The third-order valence-electron chi connectivity index (χ3n) is 4.03. The number of hydrogen-bond acceptors (Lipinski definition) is 6. The van der Waals surface area contributed by atoms with Crippen LogP contribution < -0.4 is 9.47 Å². The maximum atomic E-state index is 12.2. The highest BCUT2D eigenvalue weighted by atomic mass is 16.5. The molecule has 0 radical (unpaired) electrons. The van der Waals surface area contributed by atoms with Crippen LogP contribution in [-0.2, 0) is 14.3 Å². The van der Waals surface area contributed by atoms with Gasteiger partial charge in [-0.25, -0.2) is 4.79 Å². The molecule has 1 aliphatic heterocycles. The summed E-state index contributed by atoms with van der Waals surface area (Å²) in [7, 11) is 3.09. The summed E-state index contributed by atoms with van der Waals surface area (Å²) < 4.78 is 20.8. The Morgan fingerprint density at radius 2 is 1.92 bits per heavy atom. The molecule has 0 saturated carbocycles. The molecule has 0 spiro atoms. The molecule has 0 atom stereocenters. The number of methoxy groups -OCH3 is 2. The van der Waals surface area contributed by atoms with Crippen LogP contribution >= 0.6 is 0 Å². The summed E-state index contributed by atoms with van der Waals surface area (Å²) in [5.41, 5.74) is 0.908. The first-order chi connectivity index (χ1) is 12.1. The lowest BCUT2D eigenvalue weighted by molar-refractivity contribution is -0.138. The zero-order valence-electron chi connectivity index (χ0n) is 14.2. The van der Waals surface area contributed by atoms with Crippen LogP contribution in [0.1, 0.15) is 10.5 Å². The van der Waals surface area contributed by atoms with E-state index in [0.29, 0.717) is 43.3 Å². The van der Waals surface area contributed by atoms with Crippen LogP contribution in [0, 0.1) is 0 Å². The van der Waals surface area contributed by atoms with Gasteiger partial charge in [-0.15, -0.1) is 0 Å². The van der Waals surface area contributed by atoms with Crippen molar-refractivity contribution in [1.82, 2.24) is 9.88 Å². The molecule has 1 saturated heterocycles. The first-order valence-electron chi connectivity index (χ1n) is 7.89. The van der Waals surface area contributed by atoms with Crippen molar-refractivity contribution in [2.24, 2.45) is 0 Å². The fourth-order valence-corrected chi connectivity index (χ4v) is 2.68. The molecule has 0 bridgehead atoms. The van der Waals surface area contributed by atoms with Gasteiger partial charge in [-0.05, 0) is 12.1 Å². The average Bonchev–Trinajstić information content (AvgIpc) is 3.09. The monoisotopic (exact) mass is 348 g/mol. The molecule has 0 aliphatic carbocycles. The van der Waals surface area contributed by atoms with Crippen LogP contribution in [0.2, 0.25) is 0 Å². The summed E-state index contributed by atoms with van der Waals surface area (Å²) in [6.07, 6.45) is 0. The third-order valence-corrected chi connectivity index (χ3v) is 4.03. The number of benzene rings is 1. The molecule has 1 amide bonds.